The van der Waals surface area contributed by atoms with Crippen molar-refractivity contribution in [2.45, 2.75) is 87.9 Å². The Morgan fingerprint density at radius 1 is 0.233 bits per heavy atom. The smallest absolute Gasteiger partial charge is 0.312 e. The number of fused-ring (bicyclic) bond motifs is 6. The van der Waals surface area contributed by atoms with E-state index in [2.05, 4.69) is 0 Å². The minimum absolute atomic E-state index is 0.0576. The van der Waals surface area contributed by atoms with E-state index in [1.165, 1.54) is 12.1 Å². The molecule has 24 heteroatoms. The van der Waals surface area contributed by atoms with E-state index in [-0.39, 0.29) is 130 Å². The lowest BCUT2D eigenvalue weighted by Crippen LogP contribution is -2.21. The van der Waals surface area contributed by atoms with Gasteiger partial charge in [-0.15, -0.1) is 0 Å². The summed E-state index contributed by atoms with van der Waals surface area (Å²) in [6.45, 7) is 4.94. The van der Waals surface area contributed by atoms with Crippen molar-refractivity contribution in [3.8, 4) is 103 Å². The average molecular weight is 1620 g/mol. The zero-order chi connectivity index (χ0) is 84.7. The van der Waals surface area contributed by atoms with Crippen LogP contribution in [0.4, 0.5) is 0 Å². The Hall–Kier alpha value is -14.9. The van der Waals surface area contributed by atoms with Gasteiger partial charge in [0.05, 0.1) is 66.0 Å². The highest BCUT2D eigenvalue weighted by atomic mass is 16.6. The number of esters is 6. The van der Waals surface area contributed by atoms with Crippen LogP contribution in [0.25, 0.3) is 0 Å². The van der Waals surface area contributed by atoms with Crippen molar-refractivity contribution in [1.82, 2.24) is 0 Å². The van der Waals surface area contributed by atoms with Crippen LogP contribution in [0.15, 0.2) is 255 Å². The van der Waals surface area contributed by atoms with Crippen molar-refractivity contribution in [2.24, 2.45) is 0 Å². The molecule has 0 amide bonds. The van der Waals surface area contributed by atoms with Crippen molar-refractivity contribution in [3.63, 3.8) is 0 Å². The molecule has 0 fully saturated rings. The van der Waals surface area contributed by atoms with Crippen molar-refractivity contribution in [1.29, 1.82) is 0 Å². The van der Waals surface area contributed by atoms with Gasteiger partial charge in [0.2, 0.25) is 0 Å². The Balaban J connectivity index is 0.000000125. The number of benzene rings is 12. The highest BCUT2D eigenvalue weighted by molar-refractivity contribution is 5.82. The first-order chi connectivity index (χ1) is 57.9. The number of phenolic OH excluding ortho intramolecular Hbond substituents is 8. The molecule has 0 unspecified atom stereocenters. The van der Waals surface area contributed by atoms with Crippen molar-refractivity contribution < 1.29 is 117 Å². The van der Waals surface area contributed by atoms with Crippen molar-refractivity contribution in [2.75, 3.05) is 27.4 Å². The molecule has 612 valence electrons. The fraction of sp³-hybridized carbons (Fsp3) is 0.188. The molecule has 6 atom stereocenters. The molecule has 0 aliphatic carbocycles. The standard InChI is InChI=1S/2C17H16O4.2C16H14O4.2C15H12O4/c2*1-2-20-13-7-8-14-15(10-17(19)21-16(14)9-13)11-3-5-12(18)6-4-11;2*1-19-12-6-7-13-14(9-16(18)20-15(13)8-12)10-2-4-11(17)5-3-10;2*16-10-3-1-9(2-4-10)13-8-15(18)19-14-7-11(17)5-6-12(13)14/h2*3-9,15,18H,2,10H2,1H3;2*2-8,14,17H,9H2,1H3;2*1-7,13,16-17H,8H2/t2*15-;2*14-;2*13-/m101010/s1. The van der Waals surface area contributed by atoms with E-state index in [1.54, 1.807) is 160 Å². The SMILES string of the molecule is CCOc1ccc2c(c1)OC(=O)C[C@@H]2c1ccc(O)cc1.CCOc1ccc2c(c1)OC(=O)C[C@H]2c1ccc(O)cc1.COc1ccc2c(c1)OC(=O)C[C@@H]2c1ccc(O)cc1.COc1ccc2c(c1)OC(=O)C[C@H]2c1ccc(O)cc1.O=C1C[C@@H](c2ccc(O)cc2)c2ccc(O)cc2O1.O=C1C[C@H](c2ccc(O)cc2)c2ccc(O)cc2O1. The summed E-state index contributed by atoms with van der Waals surface area (Å²) >= 11 is 0. The second-order valence-electron chi connectivity index (χ2n) is 28.5. The maximum atomic E-state index is 11.8. The number of carbonyl (C=O) groups excluding carboxylic acids is 6. The van der Waals surface area contributed by atoms with Gasteiger partial charge in [0, 0.05) is 105 Å². The van der Waals surface area contributed by atoms with Crippen LogP contribution < -0.4 is 47.4 Å². The van der Waals surface area contributed by atoms with E-state index in [4.69, 9.17) is 47.4 Å². The number of hydrogen-bond acceptors (Lipinski definition) is 24. The summed E-state index contributed by atoms with van der Waals surface area (Å²) in [5.41, 5.74) is 11.3. The van der Waals surface area contributed by atoms with E-state index in [1.807, 2.05) is 111 Å². The van der Waals surface area contributed by atoms with Crippen molar-refractivity contribution >= 4 is 35.8 Å². The molecule has 12 aromatic rings. The number of methoxy groups -OCH3 is 2. The number of ether oxygens (including phenoxy) is 10. The summed E-state index contributed by atoms with van der Waals surface area (Å²) in [5.74, 6) is 4.89. The molecule has 6 aliphatic heterocycles. The fourth-order valence-corrected chi connectivity index (χ4v) is 14.8. The minimum atomic E-state index is -0.323. The van der Waals surface area contributed by atoms with Crippen LogP contribution >= 0.6 is 0 Å². The number of hydrogen-bond donors (Lipinski definition) is 8. The molecule has 0 saturated carbocycles. The van der Waals surface area contributed by atoms with Crippen LogP contribution in [0.1, 0.15) is 155 Å². The molecule has 0 saturated heterocycles. The number of carbonyl (C=O) groups is 6. The normalized spacial score (nSPS) is 17.3. The van der Waals surface area contributed by atoms with Crippen LogP contribution in [0.2, 0.25) is 0 Å². The van der Waals surface area contributed by atoms with Gasteiger partial charge in [-0.25, -0.2) is 0 Å². The summed E-state index contributed by atoms with van der Waals surface area (Å²) in [6.07, 6.45) is 1.69. The van der Waals surface area contributed by atoms with Crippen LogP contribution in [0.3, 0.4) is 0 Å². The molecule has 0 aromatic heterocycles. The average Bonchev–Trinajstić information content (AvgIpc) is 0.818. The lowest BCUT2D eigenvalue weighted by Gasteiger charge is -2.25. The van der Waals surface area contributed by atoms with E-state index in [0.717, 1.165) is 66.8 Å². The Labute approximate surface area is 689 Å². The molecule has 24 nitrogen and oxygen atoms in total. The molecule has 0 bridgehead atoms. The van der Waals surface area contributed by atoms with Gasteiger partial charge >= 0.3 is 35.8 Å². The second-order valence-corrected chi connectivity index (χ2v) is 28.5. The summed E-state index contributed by atoms with van der Waals surface area (Å²) in [7, 11) is 3.15. The largest absolute Gasteiger partial charge is 0.508 e. The lowest BCUT2D eigenvalue weighted by molar-refractivity contribution is -0.136. The van der Waals surface area contributed by atoms with Gasteiger partial charge in [-0.1, -0.05) is 109 Å². The first-order valence-electron chi connectivity index (χ1n) is 38.5. The molecule has 0 radical (unpaired) electrons. The highest BCUT2D eigenvalue weighted by Crippen LogP contribution is 2.48. The third kappa shape index (κ3) is 20.5. The third-order valence-electron chi connectivity index (χ3n) is 20.6. The van der Waals surface area contributed by atoms with Gasteiger partial charge in [-0.2, -0.15) is 0 Å². The summed E-state index contributed by atoms with van der Waals surface area (Å²) in [5, 5.41) is 75.0. The minimum Gasteiger partial charge on any atom is -0.508 e. The van der Waals surface area contributed by atoms with Crippen LogP contribution in [0.5, 0.6) is 103 Å². The molecule has 18 rings (SSSR count). The summed E-state index contributed by atoms with van der Waals surface area (Å²) in [4.78, 5) is 70.5. The maximum absolute atomic E-state index is 11.8. The number of phenols is 8. The van der Waals surface area contributed by atoms with Gasteiger partial charge in [0.15, 0.2) is 0 Å². The predicted molar refractivity (Wildman–Crippen MR) is 439 cm³/mol. The predicted octanol–water partition coefficient (Wildman–Crippen LogP) is 17.2. The van der Waals surface area contributed by atoms with Gasteiger partial charge in [0.1, 0.15) is 103 Å². The number of rotatable bonds is 12. The molecular weight excluding hydrogens is 1540 g/mol. The lowest BCUT2D eigenvalue weighted by atomic mass is 9.86. The molecule has 0 spiro atoms. The maximum Gasteiger partial charge on any atom is 0.312 e. The first-order valence-corrected chi connectivity index (χ1v) is 38.5. The topological polar surface area (TPSA) is 357 Å². The Bertz CT molecular complexity index is 5340. The van der Waals surface area contributed by atoms with Crippen LogP contribution in [-0.4, -0.2) is 104 Å². The van der Waals surface area contributed by atoms with Crippen LogP contribution in [0, 0.1) is 0 Å². The number of aromatic hydroxyl groups is 8. The molecule has 8 N–H and O–H groups in total. The van der Waals surface area contributed by atoms with E-state index in [0.29, 0.717) is 96.4 Å². The molecule has 120 heavy (non-hydrogen) atoms. The zero-order valence-electron chi connectivity index (χ0n) is 65.5. The van der Waals surface area contributed by atoms with Gasteiger partial charge in [-0.3, -0.25) is 28.8 Å². The van der Waals surface area contributed by atoms with Crippen molar-refractivity contribution in [3.05, 3.63) is 322 Å². The van der Waals surface area contributed by atoms with Crippen LogP contribution in [-0.2, 0) is 28.8 Å². The highest BCUT2D eigenvalue weighted by Gasteiger charge is 2.35. The molecular formula is C96H84O24. The second kappa shape index (κ2) is 37.8. The Kier molecular flexibility index (Phi) is 26.1. The van der Waals surface area contributed by atoms with Gasteiger partial charge < -0.3 is 88.2 Å². The van der Waals surface area contributed by atoms with Gasteiger partial charge in [0.25, 0.3) is 0 Å². The summed E-state index contributed by atoms with van der Waals surface area (Å²) in [6, 6.07) is 72.8. The summed E-state index contributed by atoms with van der Waals surface area (Å²) < 4.78 is 52.7. The quantitative estimate of drug-likeness (QED) is 0.0416. The molecule has 12 aromatic carbocycles. The monoisotopic (exact) mass is 1620 g/mol. The fourth-order valence-electron chi connectivity index (χ4n) is 14.8. The first kappa shape index (κ1) is 83.0. The van der Waals surface area contributed by atoms with Gasteiger partial charge in [-0.05, 0) is 156 Å². The Morgan fingerprint density at radius 3 is 0.592 bits per heavy atom. The van der Waals surface area contributed by atoms with E-state index >= 15 is 0 Å². The Morgan fingerprint density at radius 2 is 0.400 bits per heavy atom. The zero-order valence-corrected chi connectivity index (χ0v) is 65.5. The van der Waals surface area contributed by atoms with E-state index in [9.17, 15) is 69.6 Å². The molecule has 6 heterocycles. The third-order valence-corrected chi connectivity index (χ3v) is 20.6. The van der Waals surface area contributed by atoms with E-state index < -0.39 is 0 Å². The molecule has 6 aliphatic rings.